The summed E-state index contributed by atoms with van der Waals surface area (Å²) in [6.45, 7) is 1.76. The smallest absolute Gasteiger partial charge is 0.239 e. The molecule has 0 radical (unpaired) electrons. The number of carbonyl (C=O) groups excluding carboxylic acids is 1. The fourth-order valence-electron chi connectivity index (χ4n) is 0.517. The molecule has 1 aromatic rings. The average molecular weight is 314 g/mol. The van der Waals surface area contributed by atoms with Crippen molar-refractivity contribution in [1.29, 1.82) is 0 Å². The average Bonchev–Trinajstić information content (AvgIpc) is 2.35. The van der Waals surface area contributed by atoms with Gasteiger partial charge in [-0.15, -0.1) is 0 Å². The second-order valence-electron chi connectivity index (χ2n) is 2.07. The standard InChI is InChI=1S/C6H6Br2N2OS/c1-3(7)5(11)10-6-9-2-4(8)12-6/h2-3H,1H3,(H,9,10,11). The van der Waals surface area contributed by atoms with Gasteiger partial charge in [0.2, 0.25) is 5.91 Å². The maximum absolute atomic E-state index is 11.1. The molecule has 0 aliphatic heterocycles. The van der Waals surface area contributed by atoms with Crippen molar-refractivity contribution in [2.75, 3.05) is 5.32 Å². The third-order valence-electron chi connectivity index (χ3n) is 1.07. The minimum absolute atomic E-state index is 0.0862. The van der Waals surface area contributed by atoms with Gasteiger partial charge in [-0.05, 0) is 22.9 Å². The van der Waals surface area contributed by atoms with Crippen LogP contribution in [0.25, 0.3) is 0 Å². The third-order valence-corrected chi connectivity index (χ3v) is 2.88. The molecule has 0 bridgehead atoms. The number of nitrogens with zero attached hydrogens (tertiary/aromatic N) is 1. The number of hydrogen-bond donors (Lipinski definition) is 1. The Bertz CT molecular complexity index is 287. The molecule has 0 saturated heterocycles. The molecule has 1 rings (SSSR count). The van der Waals surface area contributed by atoms with Gasteiger partial charge >= 0.3 is 0 Å². The van der Waals surface area contributed by atoms with E-state index in [-0.39, 0.29) is 10.7 Å². The van der Waals surface area contributed by atoms with Crippen LogP contribution in [0.4, 0.5) is 5.13 Å². The highest BCUT2D eigenvalue weighted by Gasteiger charge is 2.10. The van der Waals surface area contributed by atoms with Crippen molar-refractivity contribution in [1.82, 2.24) is 4.98 Å². The van der Waals surface area contributed by atoms with Gasteiger partial charge in [0.25, 0.3) is 0 Å². The van der Waals surface area contributed by atoms with Crippen molar-refractivity contribution < 1.29 is 4.79 Å². The van der Waals surface area contributed by atoms with E-state index in [0.717, 1.165) is 3.79 Å². The minimum Gasteiger partial charge on any atom is -0.301 e. The van der Waals surface area contributed by atoms with E-state index < -0.39 is 0 Å². The summed E-state index contributed by atoms with van der Waals surface area (Å²) in [7, 11) is 0. The van der Waals surface area contributed by atoms with Gasteiger partial charge in [0, 0.05) is 0 Å². The quantitative estimate of drug-likeness (QED) is 0.853. The molecule has 66 valence electrons. The maximum Gasteiger partial charge on any atom is 0.239 e. The molecule has 1 heterocycles. The second kappa shape index (κ2) is 4.34. The van der Waals surface area contributed by atoms with Gasteiger partial charge in [-0.25, -0.2) is 4.98 Å². The molecule has 0 saturated carbocycles. The predicted molar refractivity (Wildman–Crippen MR) is 56.8 cm³/mol. The summed E-state index contributed by atoms with van der Waals surface area (Å²) in [6, 6.07) is 0. The Morgan fingerprint density at radius 3 is 2.92 bits per heavy atom. The Balaban J connectivity index is 2.58. The second-order valence-corrected chi connectivity index (χ2v) is 5.86. The summed E-state index contributed by atoms with van der Waals surface area (Å²) in [5.41, 5.74) is 0. The van der Waals surface area contributed by atoms with Crippen LogP contribution in [-0.4, -0.2) is 15.7 Å². The first-order valence-corrected chi connectivity index (χ1v) is 5.68. The van der Waals surface area contributed by atoms with Gasteiger partial charge in [-0.2, -0.15) is 0 Å². The van der Waals surface area contributed by atoms with Crippen molar-refractivity contribution in [2.24, 2.45) is 0 Å². The van der Waals surface area contributed by atoms with Crippen LogP contribution < -0.4 is 5.32 Å². The van der Waals surface area contributed by atoms with Gasteiger partial charge in [-0.3, -0.25) is 4.79 Å². The molecule has 0 aliphatic carbocycles. The molecule has 0 aromatic carbocycles. The molecule has 12 heavy (non-hydrogen) atoms. The van der Waals surface area contributed by atoms with Gasteiger partial charge in [0.1, 0.15) is 0 Å². The first kappa shape index (κ1) is 10.1. The predicted octanol–water partition coefficient (Wildman–Crippen LogP) is 2.63. The van der Waals surface area contributed by atoms with Gasteiger partial charge < -0.3 is 5.32 Å². The van der Waals surface area contributed by atoms with Crippen molar-refractivity contribution in [3.8, 4) is 0 Å². The first-order chi connectivity index (χ1) is 5.59. The summed E-state index contributed by atoms with van der Waals surface area (Å²) in [5, 5.41) is 3.26. The van der Waals surface area contributed by atoms with Crippen LogP contribution in [0.5, 0.6) is 0 Å². The van der Waals surface area contributed by atoms with E-state index in [1.54, 1.807) is 13.1 Å². The van der Waals surface area contributed by atoms with Crippen molar-refractivity contribution in [3.05, 3.63) is 9.98 Å². The molecular weight excluding hydrogens is 308 g/mol. The number of rotatable bonds is 2. The minimum atomic E-state index is -0.194. The topological polar surface area (TPSA) is 42.0 Å². The maximum atomic E-state index is 11.1. The molecule has 0 spiro atoms. The van der Waals surface area contributed by atoms with Gasteiger partial charge in [0.05, 0.1) is 14.8 Å². The number of hydrogen-bond acceptors (Lipinski definition) is 3. The summed E-state index contributed by atoms with van der Waals surface area (Å²) in [5.74, 6) is -0.0862. The lowest BCUT2D eigenvalue weighted by molar-refractivity contribution is -0.115. The summed E-state index contributed by atoms with van der Waals surface area (Å²) in [4.78, 5) is 14.9. The fourth-order valence-corrected chi connectivity index (χ4v) is 1.74. The van der Waals surface area contributed by atoms with Crippen LogP contribution in [-0.2, 0) is 4.79 Å². The number of anilines is 1. The molecule has 1 amide bonds. The Labute approximate surface area is 90.8 Å². The highest BCUT2D eigenvalue weighted by molar-refractivity contribution is 9.11. The number of thiazole rings is 1. The SMILES string of the molecule is CC(Br)C(=O)Nc1ncc(Br)s1. The van der Waals surface area contributed by atoms with Crippen LogP contribution in [0.1, 0.15) is 6.92 Å². The van der Waals surface area contributed by atoms with Crippen LogP contribution in [0, 0.1) is 0 Å². The number of nitrogens with one attached hydrogen (secondary N) is 1. The zero-order chi connectivity index (χ0) is 9.14. The Morgan fingerprint density at radius 2 is 2.50 bits per heavy atom. The van der Waals surface area contributed by atoms with Gasteiger partial charge in [-0.1, -0.05) is 27.3 Å². The molecule has 1 aromatic heterocycles. The Hall–Kier alpha value is 0.0600. The van der Waals surface area contributed by atoms with E-state index in [1.165, 1.54) is 11.3 Å². The normalized spacial score (nSPS) is 12.6. The van der Waals surface area contributed by atoms with E-state index in [2.05, 4.69) is 42.2 Å². The molecule has 0 aliphatic rings. The Morgan fingerprint density at radius 1 is 1.83 bits per heavy atom. The van der Waals surface area contributed by atoms with Crippen LogP contribution in [0.2, 0.25) is 0 Å². The van der Waals surface area contributed by atoms with Crippen molar-refractivity contribution >= 4 is 54.2 Å². The molecule has 1 atom stereocenters. The molecule has 6 heteroatoms. The molecule has 0 fully saturated rings. The lowest BCUT2D eigenvalue weighted by Crippen LogP contribution is -2.19. The summed E-state index contributed by atoms with van der Waals surface area (Å²) < 4.78 is 0.903. The van der Waals surface area contributed by atoms with E-state index in [4.69, 9.17) is 0 Å². The fraction of sp³-hybridized carbons (Fsp3) is 0.333. The number of aromatic nitrogens is 1. The molecule has 1 unspecified atom stereocenters. The van der Waals surface area contributed by atoms with Crippen LogP contribution >= 0.6 is 43.2 Å². The van der Waals surface area contributed by atoms with E-state index in [1.807, 2.05) is 0 Å². The lowest BCUT2D eigenvalue weighted by Gasteiger charge is -2.01. The summed E-state index contributed by atoms with van der Waals surface area (Å²) >= 11 is 7.80. The number of halogens is 2. The molecule has 1 N–H and O–H groups in total. The zero-order valence-corrected chi connectivity index (χ0v) is 10.2. The lowest BCUT2D eigenvalue weighted by atomic mass is 10.5. The van der Waals surface area contributed by atoms with E-state index in [0.29, 0.717) is 5.13 Å². The largest absolute Gasteiger partial charge is 0.301 e. The first-order valence-electron chi connectivity index (χ1n) is 3.16. The number of alkyl halides is 1. The third kappa shape index (κ3) is 2.84. The molecule has 3 nitrogen and oxygen atoms in total. The van der Waals surface area contributed by atoms with Crippen LogP contribution in [0.3, 0.4) is 0 Å². The summed E-state index contributed by atoms with van der Waals surface area (Å²) in [6.07, 6.45) is 1.65. The molecular formula is C6H6Br2N2OS. The van der Waals surface area contributed by atoms with E-state index >= 15 is 0 Å². The Kier molecular flexibility index (Phi) is 3.67. The van der Waals surface area contributed by atoms with Gasteiger partial charge in [0.15, 0.2) is 5.13 Å². The highest BCUT2D eigenvalue weighted by Crippen LogP contribution is 2.23. The highest BCUT2D eigenvalue weighted by atomic mass is 79.9. The zero-order valence-electron chi connectivity index (χ0n) is 6.17. The monoisotopic (exact) mass is 312 g/mol. The number of amides is 1. The number of carbonyl (C=O) groups is 1. The van der Waals surface area contributed by atoms with E-state index in [9.17, 15) is 4.79 Å². The van der Waals surface area contributed by atoms with Crippen LogP contribution in [0.15, 0.2) is 9.98 Å². The van der Waals surface area contributed by atoms with Crippen molar-refractivity contribution in [3.63, 3.8) is 0 Å². The van der Waals surface area contributed by atoms with Crippen molar-refractivity contribution in [2.45, 2.75) is 11.8 Å².